The quantitative estimate of drug-likeness (QED) is 0.814. The lowest BCUT2D eigenvalue weighted by Gasteiger charge is -2.13. The summed E-state index contributed by atoms with van der Waals surface area (Å²) >= 11 is 1.84. The van der Waals surface area contributed by atoms with Crippen molar-refractivity contribution in [2.24, 2.45) is 7.05 Å². The molecule has 4 heteroatoms. The third-order valence-electron chi connectivity index (χ3n) is 2.98. The first-order chi connectivity index (χ1) is 8.06. The molecule has 2 atom stereocenters. The lowest BCUT2D eigenvalue weighted by Crippen LogP contribution is -2.17. The normalized spacial score (nSPS) is 14.9. The summed E-state index contributed by atoms with van der Waals surface area (Å²) in [6.45, 7) is 6.48. The SMILES string of the molecule is CCc1cc(CC(O)CSC(C)CC)n(C)n1. The molecule has 0 bridgehead atoms. The van der Waals surface area contributed by atoms with E-state index in [1.165, 1.54) is 0 Å². The molecule has 1 rings (SSSR count). The molecule has 1 aromatic rings. The largest absolute Gasteiger partial charge is 0.392 e. The van der Waals surface area contributed by atoms with Gasteiger partial charge in [-0.1, -0.05) is 20.8 Å². The molecule has 1 aromatic heterocycles. The second-order valence-corrected chi connectivity index (χ2v) is 5.99. The van der Waals surface area contributed by atoms with Crippen LogP contribution in [0.1, 0.15) is 38.6 Å². The van der Waals surface area contributed by atoms with Crippen LogP contribution in [0.3, 0.4) is 0 Å². The maximum Gasteiger partial charge on any atom is 0.0685 e. The van der Waals surface area contributed by atoms with Gasteiger partial charge in [0.2, 0.25) is 0 Å². The van der Waals surface area contributed by atoms with Crippen LogP contribution in [0.2, 0.25) is 0 Å². The molecule has 0 fully saturated rings. The molecule has 1 heterocycles. The molecule has 0 aliphatic heterocycles. The Labute approximate surface area is 109 Å². The predicted molar refractivity (Wildman–Crippen MR) is 74.5 cm³/mol. The van der Waals surface area contributed by atoms with Gasteiger partial charge in [0.25, 0.3) is 0 Å². The number of aromatic nitrogens is 2. The summed E-state index contributed by atoms with van der Waals surface area (Å²) in [7, 11) is 1.95. The summed E-state index contributed by atoms with van der Waals surface area (Å²) < 4.78 is 1.88. The molecule has 0 aliphatic carbocycles. The molecule has 0 spiro atoms. The molecule has 3 nitrogen and oxygen atoms in total. The van der Waals surface area contributed by atoms with Crippen molar-refractivity contribution >= 4 is 11.8 Å². The highest BCUT2D eigenvalue weighted by atomic mass is 32.2. The number of aliphatic hydroxyl groups is 1. The molecule has 1 N–H and O–H groups in total. The van der Waals surface area contributed by atoms with Gasteiger partial charge in [0.15, 0.2) is 0 Å². The van der Waals surface area contributed by atoms with Crippen molar-refractivity contribution in [2.75, 3.05) is 5.75 Å². The minimum Gasteiger partial charge on any atom is -0.392 e. The zero-order valence-corrected chi connectivity index (χ0v) is 12.1. The van der Waals surface area contributed by atoms with Crippen molar-refractivity contribution in [1.29, 1.82) is 0 Å². The van der Waals surface area contributed by atoms with Crippen molar-refractivity contribution in [2.45, 2.75) is 51.4 Å². The third-order valence-corrected chi connectivity index (χ3v) is 4.46. The predicted octanol–water partition coefficient (Wildman–Crippen LogP) is 2.42. The zero-order valence-electron chi connectivity index (χ0n) is 11.3. The van der Waals surface area contributed by atoms with Crippen molar-refractivity contribution in [3.05, 3.63) is 17.5 Å². The summed E-state index contributed by atoms with van der Waals surface area (Å²) in [5, 5.41) is 15.0. The van der Waals surface area contributed by atoms with E-state index >= 15 is 0 Å². The summed E-state index contributed by atoms with van der Waals surface area (Å²) in [4.78, 5) is 0. The first-order valence-corrected chi connectivity index (χ1v) is 7.43. The number of rotatable bonds is 7. The molecule has 0 aliphatic rings. The summed E-state index contributed by atoms with van der Waals surface area (Å²) in [6, 6.07) is 2.09. The number of nitrogens with zero attached hydrogens (tertiary/aromatic N) is 2. The van der Waals surface area contributed by atoms with E-state index in [0.29, 0.717) is 11.7 Å². The van der Waals surface area contributed by atoms with Crippen LogP contribution in [0.15, 0.2) is 6.07 Å². The van der Waals surface area contributed by atoms with E-state index in [4.69, 9.17) is 0 Å². The molecule has 0 aromatic carbocycles. The topological polar surface area (TPSA) is 38.0 Å². The van der Waals surface area contributed by atoms with Gasteiger partial charge in [-0.25, -0.2) is 0 Å². The monoisotopic (exact) mass is 256 g/mol. The van der Waals surface area contributed by atoms with Gasteiger partial charge in [-0.2, -0.15) is 16.9 Å². The fourth-order valence-electron chi connectivity index (χ4n) is 1.63. The first kappa shape index (κ1) is 14.6. The maximum atomic E-state index is 9.99. The van der Waals surface area contributed by atoms with E-state index < -0.39 is 0 Å². The van der Waals surface area contributed by atoms with Gasteiger partial charge in [0.05, 0.1) is 11.8 Å². The Morgan fingerprint density at radius 1 is 1.47 bits per heavy atom. The molecule has 17 heavy (non-hydrogen) atoms. The van der Waals surface area contributed by atoms with Crippen LogP contribution in [0.5, 0.6) is 0 Å². The van der Waals surface area contributed by atoms with Crippen LogP contribution in [-0.2, 0) is 19.9 Å². The van der Waals surface area contributed by atoms with Crippen LogP contribution < -0.4 is 0 Å². The molecule has 2 unspecified atom stereocenters. The fourth-order valence-corrected chi connectivity index (χ4v) is 2.53. The van der Waals surface area contributed by atoms with Crippen LogP contribution in [0.25, 0.3) is 0 Å². The Morgan fingerprint density at radius 3 is 2.71 bits per heavy atom. The number of hydrogen-bond acceptors (Lipinski definition) is 3. The van der Waals surface area contributed by atoms with Crippen molar-refractivity contribution in [3.63, 3.8) is 0 Å². The molecular weight excluding hydrogens is 232 g/mol. The Hall–Kier alpha value is -0.480. The van der Waals surface area contributed by atoms with Gasteiger partial charge in [-0.3, -0.25) is 4.68 Å². The average molecular weight is 256 g/mol. The van der Waals surface area contributed by atoms with Crippen molar-refractivity contribution < 1.29 is 5.11 Å². The molecule has 0 amide bonds. The summed E-state index contributed by atoms with van der Waals surface area (Å²) in [5.41, 5.74) is 2.23. The fraction of sp³-hybridized carbons (Fsp3) is 0.769. The van der Waals surface area contributed by atoms with Gasteiger partial charge in [0.1, 0.15) is 0 Å². The summed E-state index contributed by atoms with van der Waals surface area (Å²) in [5.74, 6) is 0.807. The van der Waals surface area contributed by atoms with Crippen molar-refractivity contribution in [1.82, 2.24) is 9.78 Å². The van der Waals surface area contributed by atoms with Gasteiger partial charge < -0.3 is 5.11 Å². The molecule has 0 saturated heterocycles. The second kappa shape index (κ2) is 7.07. The van der Waals surface area contributed by atoms with E-state index in [-0.39, 0.29) is 6.10 Å². The number of aliphatic hydroxyl groups excluding tert-OH is 1. The average Bonchev–Trinajstić information content (AvgIpc) is 2.67. The Bertz CT molecular complexity index is 338. The van der Waals surface area contributed by atoms with E-state index in [9.17, 15) is 5.11 Å². The van der Waals surface area contributed by atoms with Gasteiger partial charge in [-0.15, -0.1) is 0 Å². The van der Waals surface area contributed by atoms with E-state index in [1.807, 2.05) is 23.5 Å². The van der Waals surface area contributed by atoms with Crippen LogP contribution >= 0.6 is 11.8 Å². The standard InChI is InChI=1S/C13H24N2OS/c1-5-10(3)17-9-13(16)8-12-7-11(6-2)14-15(12)4/h7,10,13,16H,5-6,8-9H2,1-4H3. The second-order valence-electron chi connectivity index (χ2n) is 4.51. The minimum atomic E-state index is -0.269. The smallest absolute Gasteiger partial charge is 0.0685 e. The Kier molecular flexibility index (Phi) is 6.06. The molecule has 0 radical (unpaired) electrons. The van der Waals surface area contributed by atoms with Crippen LogP contribution in [-0.4, -0.2) is 32.0 Å². The van der Waals surface area contributed by atoms with E-state index in [1.54, 1.807) is 0 Å². The first-order valence-electron chi connectivity index (χ1n) is 6.38. The highest BCUT2D eigenvalue weighted by Crippen LogP contribution is 2.16. The van der Waals surface area contributed by atoms with E-state index in [0.717, 1.165) is 30.0 Å². The lowest BCUT2D eigenvalue weighted by molar-refractivity contribution is 0.197. The summed E-state index contributed by atoms with van der Waals surface area (Å²) in [6.07, 6.45) is 2.54. The molecule has 98 valence electrons. The van der Waals surface area contributed by atoms with E-state index in [2.05, 4.69) is 31.9 Å². The highest BCUT2D eigenvalue weighted by molar-refractivity contribution is 7.99. The van der Waals surface area contributed by atoms with Gasteiger partial charge >= 0.3 is 0 Å². The zero-order chi connectivity index (χ0) is 12.8. The van der Waals surface area contributed by atoms with Crippen LogP contribution in [0.4, 0.5) is 0 Å². The maximum absolute atomic E-state index is 9.99. The molecular formula is C13H24N2OS. The van der Waals surface area contributed by atoms with Crippen molar-refractivity contribution in [3.8, 4) is 0 Å². The Balaban J connectivity index is 2.44. The van der Waals surface area contributed by atoms with Crippen LogP contribution in [0, 0.1) is 0 Å². The number of aryl methyl sites for hydroxylation is 2. The Morgan fingerprint density at radius 2 is 2.18 bits per heavy atom. The molecule has 0 saturated carbocycles. The number of hydrogen-bond donors (Lipinski definition) is 1. The third kappa shape index (κ3) is 4.72. The lowest BCUT2D eigenvalue weighted by atomic mass is 10.2. The van der Waals surface area contributed by atoms with Gasteiger partial charge in [-0.05, 0) is 18.9 Å². The van der Waals surface area contributed by atoms with Gasteiger partial charge in [0, 0.05) is 30.2 Å². The highest BCUT2D eigenvalue weighted by Gasteiger charge is 2.11. The minimum absolute atomic E-state index is 0.269. The number of thioether (sulfide) groups is 1.